The van der Waals surface area contributed by atoms with Crippen LogP contribution in [0.3, 0.4) is 0 Å². The highest BCUT2D eigenvalue weighted by molar-refractivity contribution is 6.68. The Morgan fingerprint density at radius 1 is 0.235 bits per heavy atom. The second-order valence-corrected chi connectivity index (χ2v) is 16.3. The summed E-state index contributed by atoms with van der Waals surface area (Å²) in [7, 11) is -8.41. The van der Waals surface area contributed by atoms with E-state index in [0.717, 1.165) is 33.4 Å². The molecule has 0 aliphatic rings. The van der Waals surface area contributed by atoms with Crippen molar-refractivity contribution in [2.45, 2.75) is 39.6 Å². The van der Waals surface area contributed by atoms with E-state index in [2.05, 4.69) is 0 Å². The third-order valence-corrected chi connectivity index (χ3v) is 12.8. The molecule has 0 N–H and O–H groups in total. The van der Waals surface area contributed by atoms with Gasteiger partial charge in [-0.1, -0.05) is 182 Å². The van der Waals surface area contributed by atoms with Crippen LogP contribution in [0.1, 0.15) is 33.4 Å². The van der Waals surface area contributed by atoms with Crippen LogP contribution < -0.4 is 0 Å². The van der Waals surface area contributed by atoms with E-state index in [1.165, 1.54) is 0 Å². The van der Waals surface area contributed by atoms with Gasteiger partial charge >= 0.3 is 18.1 Å². The summed E-state index contributed by atoms with van der Waals surface area (Å²) in [6, 6.07) is 59.2. The molecule has 0 unspecified atom stereocenters. The Labute approximate surface area is 302 Å². The molecule has 0 fully saturated rings. The molecule has 6 aromatic carbocycles. The minimum Gasteiger partial charge on any atom is -0.347 e. The predicted molar refractivity (Wildman–Crippen MR) is 200 cm³/mol. The van der Waals surface area contributed by atoms with E-state index >= 15 is 0 Å². The highest BCUT2D eigenvalue weighted by atomic mass is 28.5. The zero-order valence-corrected chi connectivity index (χ0v) is 30.4. The molecule has 9 heteroatoms. The maximum atomic E-state index is 7.10. The van der Waals surface area contributed by atoms with Gasteiger partial charge in [0.15, 0.2) is 0 Å². The van der Waals surface area contributed by atoms with Gasteiger partial charge in [-0.2, -0.15) is 0 Å². The van der Waals surface area contributed by atoms with Gasteiger partial charge in [0.05, 0.1) is 39.6 Å². The largest absolute Gasteiger partial charge is 0.674 e. The molecule has 0 saturated carbocycles. The molecule has 0 amide bonds. The van der Waals surface area contributed by atoms with E-state index in [9.17, 15) is 0 Å². The van der Waals surface area contributed by atoms with Crippen molar-refractivity contribution in [3.05, 3.63) is 215 Å². The zero-order chi connectivity index (χ0) is 34.9. The lowest BCUT2D eigenvalue weighted by molar-refractivity contribution is -0.0824. The summed E-state index contributed by atoms with van der Waals surface area (Å²) in [6.45, 7) is 0.983. The third kappa shape index (κ3) is 11.8. The molecular weight excluding hydrogens is 673 g/mol. The van der Waals surface area contributed by atoms with Gasteiger partial charge in [0.1, 0.15) is 0 Å². The molecule has 0 spiro atoms. The van der Waals surface area contributed by atoms with Crippen LogP contribution in [0.5, 0.6) is 0 Å². The van der Waals surface area contributed by atoms with Gasteiger partial charge < -0.3 is 30.7 Å². The predicted octanol–water partition coefficient (Wildman–Crippen LogP) is 9.18. The van der Waals surface area contributed by atoms with Crippen molar-refractivity contribution in [1.82, 2.24) is 0 Å². The summed E-state index contributed by atoms with van der Waals surface area (Å²) in [5, 5.41) is 0. The van der Waals surface area contributed by atoms with Crippen molar-refractivity contribution in [3.8, 4) is 0 Å². The topological polar surface area (TPSA) is 64.6 Å². The van der Waals surface area contributed by atoms with Crippen LogP contribution in [0.2, 0.25) is 0 Å². The first kappa shape index (κ1) is 36.3. The molecule has 260 valence electrons. The van der Waals surface area contributed by atoms with Crippen molar-refractivity contribution in [2.75, 3.05) is 0 Å². The lowest BCUT2D eigenvalue weighted by Crippen LogP contribution is -2.61. The molecule has 0 bridgehead atoms. The minimum atomic E-state index is -4.21. The quantitative estimate of drug-likeness (QED) is 0.0731. The fraction of sp³-hybridized carbons (Fsp3) is 0.143. The molecule has 0 saturated heterocycles. The van der Waals surface area contributed by atoms with E-state index in [1.54, 1.807) is 0 Å². The van der Waals surface area contributed by atoms with Crippen LogP contribution in [-0.2, 0) is 70.3 Å². The first-order valence-corrected chi connectivity index (χ1v) is 20.2. The first-order chi connectivity index (χ1) is 25.2. The Kier molecular flexibility index (Phi) is 13.6. The number of hydrogen-bond donors (Lipinski definition) is 0. The van der Waals surface area contributed by atoms with Gasteiger partial charge in [-0.3, -0.25) is 0 Å². The van der Waals surface area contributed by atoms with Crippen molar-refractivity contribution in [3.63, 3.8) is 0 Å². The first-order valence-electron chi connectivity index (χ1n) is 17.0. The lowest BCUT2D eigenvalue weighted by Gasteiger charge is -2.36. The Morgan fingerprint density at radius 2 is 0.392 bits per heavy atom. The fourth-order valence-corrected chi connectivity index (χ4v) is 10.3. The second-order valence-electron chi connectivity index (χ2n) is 11.7. The van der Waals surface area contributed by atoms with Crippen LogP contribution in [0, 0.1) is 0 Å². The monoisotopic (exact) mass is 714 g/mol. The summed E-state index contributed by atoms with van der Waals surface area (Å²) in [5.74, 6) is 0. The van der Waals surface area contributed by atoms with Crippen molar-refractivity contribution in [1.29, 1.82) is 0 Å². The Morgan fingerprint density at radius 3 is 0.549 bits per heavy atom. The Balaban J connectivity index is 1.41. The number of benzene rings is 6. The standard InChI is InChI=1S/C42H42O7Si2/c1-7-19-37(20-8-1)31-43-50(44-32-38-21-9-2-10-22-38,45-33-39-23-11-3-12-24-39)49-51(46-34-40-25-13-4-14-26-40,47-35-41-27-15-5-16-28-41)48-36-42-29-17-6-18-30-42/h1-30H,31-36H2. The highest BCUT2D eigenvalue weighted by Gasteiger charge is 2.60. The van der Waals surface area contributed by atoms with Gasteiger partial charge in [-0.05, 0) is 33.4 Å². The average Bonchev–Trinajstić information content (AvgIpc) is 3.21. The molecule has 0 aliphatic carbocycles. The third-order valence-electron chi connectivity index (χ3n) is 7.80. The Hall–Kier alpha value is -4.53. The number of hydrogen-bond acceptors (Lipinski definition) is 7. The van der Waals surface area contributed by atoms with E-state index < -0.39 is 18.1 Å². The van der Waals surface area contributed by atoms with Crippen LogP contribution in [-0.4, -0.2) is 18.1 Å². The molecular formula is C42H42O7Si2. The minimum absolute atomic E-state index is 0.164. The van der Waals surface area contributed by atoms with Crippen LogP contribution in [0.15, 0.2) is 182 Å². The van der Waals surface area contributed by atoms with Crippen LogP contribution in [0.25, 0.3) is 0 Å². The van der Waals surface area contributed by atoms with Crippen molar-refractivity contribution >= 4 is 18.1 Å². The summed E-state index contributed by atoms with van der Waals surface area (Å²) in [6.07, 6.45) is 0. The fourth-order valence-electron chi connectivity index (χ4n) is 5.06. The zero-order valence-electron chi connectivity index (χ0n) is 28.4. The maximum absolute atomic E-state index is 7.10. The smallest absolute Gasteiger partial charge is 0.347 e. The van der Waals surface area contributed by atoms with E-state index in [0.29, 0.717) is 0 Å². The van der Waals surface area contributed by atoms with E-state index in [-0.39, 0.29) is 39.6 Å². The molecule has 0 heterocycles. The molecule has 0 aromatic heterocycles. The average molecular weight is 715 g/mol. The molecule has 0 aliphatic heterocycles. The summed E-state index contributed by atoms with van der Waals surface area (Å²) in [4.78, 5) is 0. The normalized spacial score (nSPS) is 11.8. The molecule has 0 radical (unpaired) electrons. The molecule has 6 rings (SSSR count). The molecule has 6 aromatic rings. The SMILES string of the molecule is c1ccc(CO[Si](OCc2ccccc2)(OCc2ccccc2)O[Si](OCc2ccccc2)(OCc2ccccc2)OCc2ccccc2)cc1. The summed E-state index contributed by atoms with van der Waals surface area (Å²) < 4.78 is 47.5. The van der Waals surface area contributed by atoms with Crippen LogP contribution >= 0.6 is 0 Å². The number of rotatable bonds is 20. The molecule has 7 nitrogen and oxygen atoms in total. The lowest BCUT2D eigenvalue weighted by atomic mass is 10.2. The summed E-state index contributed by atoms with van der Waals surface area (Å²) in [5.41, 5.74) is 5.57. The van der Waals surface area contributed by atoms with Crippen molar-refractivity contribution < 1.29 is 30.7 Å². The molecule has 51 heavy (non-hydrogen) atoms. The summed E-state index contributed by atoms with van der Waals surface area (Å²) >= 11 is 0. The van der Waals surface area contributed by atoms with E-state index in [1.807, 2.05) is 182 Å². The van der Waals surface area contributed by atoms with Gasteiger partial charge in [-0.25, -0.2) is 0 Å². The van der Waals surface area contributed by atoms with Gasteiger partial charge in [0.2, 0.25) is 0 Å². The molecule has 0 atom stereocenters. The maximum Gasteiger partial charge on any atom is 0.674 e. The van der Waals surface area contributed by atoms with E-state index in [4.69, 9.17) is 30.7 Å². The highest BCUT2D eigenvalue weighted by Crippen LogP contribution is 2.29. The van der Waals surface area contributed by atoms with Crippen LogP contribution in [0.4, 0.5) is 0 Å². The Bertz CT molecular complexity index is 1470. The van der Waals surface area contributed by atoms with Gasteiger partial charge in [-0.15, -0.1) is 0 Å². The van der Waals surface area contributed by atoms with Gasteiger partial charge in [0.25, 0.3) is 0 Å². The van der Waals surface area contributed by atoms with Gasteiger partial charge in [0, 0.05) is 0 Å². The second kappa shape index (κ2) is 19.2. The van der Waals surface area contributed by atoms with Crippen molar-refractivity contribution in [2.24, 2.45) is 0 Å².